The van der Waals surface area contributed by atoms with Gasteiger partial charge in [-0.1, -0.05) is 17.7 Å². The van der Waals surface area contributed by atoms with Crippen LogP contribution in [0, 0.1) is 6.92 Å². The van der Waals surface area contributed by atoms with E-state index in [1.54, 1.807) is 12.0 Å². The Bertz CT molecular complexity index is 402. The second-order valence-electron chi connectivity index (χ2n) is 4.59. The van der Waals surface area contributed by atoms with E-state index >= 15 is 0 Å². The van der Waals surface area contributed by atoms with Crippen LogP contribution in [-0.2, 0) is 9.53 Å². The fraction of sp³-hybridized carbons (Fsp3) is 0.500. The Morgan fingerprint density at radius 3 is 2.72 bits per heavy atom. The Kier molecular flexibility index (Phi) is 4.20. The summed E-state index contributed by atoms with van der Waals surface area (Å²) in [7, 11) is 1.68. The van der Waals surface area contributed by atoms with Gasteiger partial charge in [-0.15, -0.1) is 0 Å². The number of benzene rings is 1. The van der Waals surface area contributed by atoms with Gasteiger partial charge >= 0.3 is 0 Å². The lowest BCUT2D eigenvalue weighted by Gasteiger charge is -2.16. The summed E-state index contributed by atoms with van der Waals surface area (Å²) in [6, 6.07) is 7.70. The van der Waals surface area contributed by atoms with E-state index in [4.69, 9.17) is 9.47 Å². The molecule has 1 aromatic rings. The van der Waals surface area contributed by atoms with Crippen LogP contribution < -0.4 is 4.74 Å². The molecule has 4 nitrogen and oxygen atoms in total. The molecule has 4 heteroatoms. The number of aryl methyl sites for hydroxylation is 1. The molecule has 98 valence electrons. The second-order valence-corrected chi connectivity index (χ2v) is 4.59. The molecule has 0 aromatic heterocycles. The summed E-state index contributed by atoms with van der Waals surface area (Å²) in [6.07, 6.45) is 1.08. The predicted molar refractivity (Wildman–Crippen MR) is 68.7 cm³/mol. The fourth-order valence-corrected chi connectivity index (χ4v) is 2.02. The van der Waals surface area contributed by atoms with Crippen molar-refractivity contribution >= 4 is 5.91 Å². The van der Waals surface area contributed by atoms with E-state index in [9.17, 15) is 4.79 Å². The number of methoxy groups -OCH3 is 1. The second kappa shape index (κ2) is 5.87. The van der Waals surface area contributed by atoms with Crippen molar-refractivity contribution in [3.63, 3.8) is 0 Å². The monoisotopic (exact) mass is 249 g/mol. The number of ether oxygens (including phenoxy) is 2. The minimum atomic E-state index is 0.0233. The summed E-state index contributed by atoms with van der Waals surface area (Å²) in [5, 5.41) is 0. The van der Waals surface area contributed by atoms with E-state index in [-0.39, 0.29) is 18.6 Å². The molecular formula is C14H19NO3. The quantitative estimate of drug-likeness (QED) is 0.814. The molecule has 1 heterocycles. The highest BCUT2D eigenvalue weighted by molar-refractivity contribution is 5.78. The molecule has 0 aliphatic carbocycles. The van der Waals surface area contributed by atoms with Gasteiger partial charge in [0, 0.05) is 20.2 Å². The van der Waals surface area contributed by atoms with Gasteiger partial charge < -0.3 is 14.4 Å². The van der Waals surface area contributed by atoms with Gasteiger partial charge in [0.05, 0.1) is 6.10 Å². The Morgan fingerprint density at radius 2 is 2.11 bits per heavy atom. The van der Waals surface area contributed by atoms with Gasteiger partial charge in [-0.25, -0.2) is 0 Å². The smallest absolute Gasteiger partial charge is 0.260 e. The first-order valence-corrected chi connectivity index (χ1v) is 6.19. The van der Waals surface area contributed by atoms with Crippen LogP contribution in [0.1, 0.15) is 12.0 Å². The van der Waals surface area contributed by atoms with E-state index in [2.05, 4.69) is 0 Å². The lowest BCUT2D eigenvalue weighted by Crippen LogP contribution is -2.33. The van der Waals surface area contributed by atoms with Gasteiger partial charge in [-0.3, -0.25) is 4.79 Å². The highest BCUT2D eigenvalue weighted by Gasteiger charge is 2.25. The van der Waals surface area contributed by atoms with E-state index in [1.165, 1.54) is 5.56 Å². The molecule has 1 unspecified atom stereocenters. The summed E-state index contributed by atoms with van der Waals surface area (Å²) < 4.78 is 10.7. The average molecular weight is 249 g/mol. The van der Waals surface area contributed by atoms with Crippen molar-refractivity contribution in [2.75, 3.05) is 26.8 Å². The van der Waals surface area contributed by atoms with Crippen molar-refractivity contribution in [2.45, 2.75) is 19.4 Å². The van der Waals surface area contributed by atoms with Crippen molar-refractivity contribution < 1.29 is 14.3 Å². The number of nitrogens with zero attached hydrogens (tertiary/aromatic N) is 1. The van der Waals surface area contributed by atoms with E-state index in [1.807, 2.05) is 31.2 Å². The average Bonchev–Trinajstić information content (AvgIpc) is 2.86. The predicted octanol–water partition coefficient (Wildman–Crippen LogP) is 1.62. The van der Waals surface area contributed by atoms with E-state index in [0.29, 0.717) is 6.54 Å². The van der Waals surface area contributed by atoms with Crippen LogP contribution in [0.25, 0.3) is 0 Å². The van der Waals surface area contributed by atoms with Crippen molar-refractivity contribution in [1.29, 1.82) is 0 Å². The van der Waals surface area contributed by atoms with Crippen molar-refractivity contribution in [3.8, 4) is 5.75 Å². The SMILES string of the molecule is COC1CCN(C(=O)COc2ccc(C)cc2)C1. The number of rotatable bonds is 4. The van der Waals surface area contributed by atoms with Crippen LogP contribution in [0.2, 0.25) is 0 Å². The molecule has 1 atom stereocenters. The maximum absolute atomic E-state index is 11.9. The van der Waals surface area contributed by atoms with Crippen LogP contribution in [0.3, 0.4) is 0 Å². The molecule has 1 saturated heterocycles. The third-order valence-corrected chi connectivity index (χ3v) is 3.21. The Morgan fingerprint density at radius 1 is 1.39 bits per heavy atom. The van der Waals surface area contributed by atoms with Gasteiger partial charge in [-0.2, -0.15) is 0 Å². The van der Waals surface area contributed by atoms with Gasteiger partial charge in [-0.05, 0) is 25.5 Å². The summed E-state index contributed by atoms with van der Waals surface area (Å²) in [5.41, 5.74) is 1.18. The molecule has 2 rings (SSSR count). The summed E-state index contributed by atoms with van der Waals surface area (Å²) in [6.45, 7) is 3.55. The largest absolute Gasteiger partial charge is 0.484 e. The summed E-state index contributed by atoms with van der Waals surface area (Å²) in [5.74, 6) is 0.756. The molecule has 0 spiro atoms. The molecule has 0 saturated carbocycles. The zero-order valence-electron chi connectivity index (χ0n) is 10.9. The van der Waals surface area contributed by atoms with Crippen LogP contribution >= 0.6 is 0 Å². The van der Waals surface area contributed by atoms with Gasteiger partial charge in [0.1, 0.15) is 5.75 Å². The zero-order chi connectivity index (χ0) is 13.0. The third-order valence-electron chi connectivity index (χ3n) is 3.21. The topological polar surface area (TPSA) is 38.8 Å². The molecule has 0 bridgehead atoms. The number of hydrogen-bond acceptors (Lipinski definition) is 3. The molecule has 18 heavy (non-hydrogen) atoms. The molecule has 1 aliphatic rings. The maximum atomic E-state index is 11.9. The van der Waals surface area contributed by atoms with Crippen molar-refractivity contribution in [1.82, 2.24) is 4.90 Å². The van der Waals surface area contributed by atoms with Crippen molar-refractivity contribution in [2.24, 2.45) is 0 Å². The molecule has 1 fully saturated rings. The number of amides is 1. The molecule has 1 aliphatic heterocycles. The zero-order valence-corrected chi connectivity index (χ0v) is 10.9. The van der Waals surface area contributed by atoms with E-state index in [0.717, 1.165) is 18.7 Å². The standard InChI is InChI=1S/C14H19NO3/c1-11-3-5-12(6-4-11)18-10-14(16)15-8-7-13(9-15)17-2/h3-6,13H,7-10H2,1-2H3. The minimum absolute atomic E-state index is 0.0233. The van der Waals surface area contributed by atoms with Crippen LogP contribution in [0.15, 0.2) is 24.3 Å². The molecule has 1 amide bonds. The van der Waals surface area contributed by atoms with Gasteiger partial charge in [0.2, 0.25) is 0 Å². The number of hydrogen-bond donors (Lipinski definition) is 0. The number of carbonyl (C=O) groups excluding carboxylic acids is 1. The Labute approximate surface area is 107 Å². The molecule has 1 aromatic carbocycles. The van der Waals surface area contributed by atoms with Gasteiger partial charge in [0.15, 0.2) is 6.61 Å². The third kappa shape index (κ3) is 3.23. The summed E-state index contributed by atoms with van der Waals surface area (Å²) >= 11 is 0. The Balaban J connectivity index is 1.80. The highest BCUT2D eigenvalue weighted by Crippen LogP contribution is 2.14. The molecule has 0 radical (unpaired) electrons. The lowest BCUT2D eigenvalue weighted by molar-refractivity contribution is -0.132. The van der Waals surface area contributed by atoms with Crippen LogP contribution in [0.4, 0.5) is 0 Å². The maximum Gasteiger partial charge on any atom is 0.260 e. The number of likely N-dealkylation sites (tertiary alicyclic amines) is 1. The van der Waals surface area contributed by atoms with E-state index < -0.39 is 0 Å². The molecule has 0 N–H and O–H groups in total. The first-order chi connectivity index (χ1) is 8.69. The minimum Gasteiger partial charge on any atom is -0.484 e. The fourth-order valence-electron chi connectivity index (χ4n) is 2.02. The van der Waals surface area contributed by atoms with Crippen LogP contribution in [-0.4, -0.2) is 43.7 Å². The van der Waals surface area contributed by atoms with Crippen LogP contribution in [0.5, 0.6) is 5.75 Å². The highest BCUT2D eigenvalue weighted by atomic mass is 16.5. The van der Waals surface area contributed by atoms with Gasteiger partial charge in [0.25, 0.3) is 5.91 Å². The first kappa shape index (κ1) is 12.9. The normalized spacial score (nSPS) is 19.0. The number of carbonyl (C=O) groups is 1. The Hall–Kier alpha value is -1.55. The lowest BCUT2D eigenvalue weighted by atomic mass is 10.2. The summed E-state index contributed by atoms with van der Waals surface area (Å²) in [4.78, 5) is 13.7. The molecular weight excluding hydrogens is 230 g/mol. The van der Waals surface area contributed by atoms with Crippen molar-refractivity contribution in [3.05, 3.63) is 29.8 Å². The first-order valence-electron chi connectivity index (χ1n) is 6.19.